The van der Waals surface area contributed by atoms with Crippen LogP contribution in [0, 0.1) is 25.5 Å². The van der Waals surface area contributed by atoms with E-state index in [0.717, 1.165) is 39.7 Å². The lowest BCUT2D eigenvalue weighted by Crippen LogP contribution is -2.29. The van der Waals surface area contributed by atoms with E-state index < -0.39 is 33.2 Å². The Hall–Kier alpha value is -3.88. The van der Waals surface area contributed by atoms with Crippen molar-refractivity contribution in [1.82, 2.24) is 19.7 Å². The van der Waals surface area contributed by atoms with Crippen LogP contribution in [0.3, 0.4) is 0 Å². The van der Waals surface area contributed by atoms with Crippen LogP contribution in [-0.2, 0) is 10.0 Å². The maximum absolute atomic E-state index is 13.9. The standard InChI is InChI=1S/C26H20F4N4O4S2/c1-13-7-17(24-19(8-13)33-22(12-31-24)38-26(29)30)25-34-23-14(2)9-16(11-20(23)39-25)37-6-5-32-40(35,36)21-4-3-15(27)10-18(21)28/h3-4,7-12,26,32H,5-6H2,1-2H3. The minimum Gasteiger partial charge on any atom is -0.492 e. The molecule has 0 saturated heterocycles. The molecule has 5 rings (SSSR count). The largest absolute Gasteiger partial charge is 0.492 e. The molecule has 40 heavy (non-hydrogen) atoms. The van der Waals surface area contributed by atoms with Gasteiger partial charge in [0, 0.05) is 18.2 Å². The van der Waals surface area contributed by atoms with Gasteiger partial charge in [0.05, 0.1) is 27.4 Å². The normalized spacial score (nSPS) is 12.0. The van der Waals surface area contributed by atoms with Crippen LogP contribution >= 0.6 is 11.3 Å². The number of nitrogens with zero attached hydrogens (tertiary/aromatic N) is 3. The second-order valence-electron chi connectivity index (χ2n) is 8.69. The first-order valence-electron chi connectivity index (χ1n) is 11.7. The Bertz CT molecular complexity index is 1850. The van der Waals surface area contributed by atoms with Crippen LogP contribution in [0.15, 0.2) is 53.6 Å². The molecule has 0 bridgehead atoms. The summed E-state index contributed by atoms with van der Waals surface area (Å²) in [4.78, 5) is 12.5. The highest BCUT2D eigenvalue weighted by molar-refractivity contribution is 7.89. The molecule has 0 unspecified atom stereocenters. The average Bonchev–Trinajstić information content (AvgIpc) is 3.30. The Labute approximate surface area is 229 Å². The van der Waals surface area contributed by atoms with Crippen molar-refractivity contribution >= 4 is 42.6 Å². The second-order valence-corrected chi connectivity index (χ2v) is 11.5. The summed E-state index contributed by atoms with van der Waals surface area (Å²) in [6, 6.07) is 9.32. The third kappa shape index (κ3) is 5.83. The molecule has 1 N–H and O–H groups in total. The topological polar surface area (TPSA) is 103 Å². The summed E-state index contributed by atoms with van der Waals surface area (Å²) in [5.41, 5.74) is 3.90. The van der Waals surface area contributed by atoms with E-state index in [-0.39, 0.29) is 19.0 Å². The van der Waals surface area contributed by atoms with Crippen LogP contribution in [-0.4, -0.2) is 43.1 Å². The van der Waals surface area contributed by atoms with Crippen molar-refractivity contribution in [2.75, 3.05) is 13.2 Å². The van der Waals surface area contributed by atoms with Crippen LogP contribution in [0.2, 0.25) is 0 Å². The number of nitrogens with one attached hydrogen (secondary N) is 1. The summed E-state index contributed by atoms with van der Waals surface area (Å²) in [6.45, 7) is 0.461. The molecule has 2 heterocycles. The molecule has 0 fully saturated rings. The molecule has 0 atom stereocenters. The molecule has 14 heteroatoms. The molecular weight excluding hydrogens is 572 g/mol. The van der Waals surface area contributed by atoms with Crippen molar-refractivity contribution in [3.8, 4) is 22.2 Å². The number of sulfonamides is 1. The van der Waals surface area contributed by atoms with Gasteiger partial charge in [-0.15, -0.1) is 11.3 Å². The number of thiazole rings is 1. The molecule has 3 aromatic carbocycles. The van der Waals surface area contributed by atoms with Crippen molar-refractivity contribution in [2.45, 2.75) is 25.4 Å². The van der Waals surface area contributed by atoms with Gasteiger partial charge < -0.3 is 9.47 Å². The highest BCUT2D eigenvalue weighted by Crippen LogP contribution is 2.37. The van der Waals surface area contributed by atoms with Crippen LogP contribution in [0.25, 0.3) is 31.8 Å². The molecule has 0 saturated carbocycles. The van der Waals surface area contributed by atoms with Crippen LogP contribution in [0.5, 0.6) is 11.6 Å². The van der Waals surface area contributed by atoms with Crippen LogP contribution in [0.4, 0.5) is 17.6 Å². The molecule has 0 aliphatic rings. The zero-order valence-electron chi connectivity index (χ0n) is 20.9. The Morgan fingerprint density at radius 3 is 2.58 bits per heavy atom. The van der Waals surface area contributed by atoms with Crippen molar-refractivity contribution < 1.29 is 35.5 Å². The average molecular weight is 593 g/mol. The zero-order chi connectivity index (χ0) is 28.6. The third-order valence-electron chi connectivity index (χ3n) is 5.71. The predicted octanol–water partition coefficient (Wildman–Crippen LogP) is 5.76. The van der Waals surface area contributed by atoms with E-state index in [9.17, 15) is 26.0 Å². The quantitative estimate of drug-likeness (QED) is 0.172. The predicted molar refractivity (Wildman–Crippen MR) is 141 cm³/mol. The number of halogens is 4. The number of aryl methyl sites for hydroxylation is 2. The lowest BCUT2D eigenvalue weighted by atomic mass is 10.1. The summed E-state index contributed by atoms with van der Waals surface area (Å²) in [5.74, 6) is -1.89. The Kier molecular flexibility index (Phi) is 7.57. The van der Waals surface area contributed by atoms with Crippen molar-refractivity contribution in [1.29, 1.82) is 0 Å². The van der Waals surface area contributed by atoms with Gasteiger partial charge in [0.1, 0.15) is 33.9 Å². The number of aromatic nitrogens is 3. The van der Waals surface area contributed by atoms with Gasteiger partial charge >= 0.3 is 6.61 Å². The van der Waals surface area contributed by atoms with Gasteiger partial charge in [0.15, 0.2) is 0 Å². The van der Waals surface area contributed by atoms with Crippen LogP contribution in [0.1, 0.15) is 11.1 Å². The first-order chi connectivity index (χ1) is 19.0. The lowest BCUT2D eigenvalue weighted by Gasteiger charge is -2.10. The van der Waals surface area contributed by atoms with E-state index in [4.69, 9.17) is 9.72 Å². The van der Waals surface area contributed by atoms with E-state index in [1.165, 1.54) is 11.3 Å². The molecule has 2 aromatic heterocycles. The second kappa shape index (κ2) is 10.9. The molecule has 0 radical (unpaired) electrons. The highest BCUT2D eigenvalue weighted by Gasteiger charge is 2.20. The molecule has 0 aliphatic heterocycles. The van der Waals surface area contributed by atoms with Crippen molar-refractivity contribution in [2.24, 2.45) is 0 Å². The Morgan fingerprint density at radius 1 is 1.02 bits per heavy atom. The number of hydrogen-bond donors (Lipinski definition) is 1. The fourth-order valence-corrected chi connectivity index (χ4v) is 6.20. The van der Waals surface area contributed by atoms with E-state index in [1.807, 2.05) is 19.9 Å². The molecule has 208 valence electrons. The minimum atomic E-state index is -4.20. The number of alkyl halides is 2. The summed E-state index contributed by atoms with van der Waals surface area (Å²) < 4.78 is 90.0. The summed E-state index contributed by atoms with van der Waals surface area (Å²) in [5, 5.41) is 0.634. The first-order valence-corrected chi connectivity index (χ1v) is 14.0. The van der Waals surface area contributed by atoms with Crippen LogP contribution < -0.4 is 14.2 Å². The van der Waals surface area contributed by atoms with Crippen molar-refractivity contribution in [3.05, 3.63) is 71.4 Å². The SMILES string of the molecule is Cc1cc(-c2nc3c(C)cc(OCCNS(=O)(=O)c4ccc(F)cc4F)cc3s2)c2ncc(OC(F)F)nc2c1. The molecule has 0 spiro atoms. The van der Waals surface area contributed by atoms with Gasteiger partial charge in [0.25, 0.3) is 0 Å². The zero-order valence-corrected chi connectivity index (χ0v) is 22.5. The molecule has 0 aliphatic carbocycles. The fourth-order valence-electron chi connectivity index (χ4n) is 4.04. The number of fused-ring (bicyclic) bond motifs is 2. The monoisotopic (exact) mass is 592 g/mol. The molecule has 8 nitrogen and oxygen atoms in total. The Balaban J connectivity index is 1.35. The summed E-state index contributed by atoms with van der Waals surface area (Å²) in [6.07, 6.45) is 1.14. The maximum atomic E-state index is 13.9. The lowest BCUT2D eigenvalue weighted by molar-refractivity contribution is -0.0528. The third-order valence-corrected chi connectivity index (χ3v) is 8.24. The van der Waals surface area contributed by atoms with Gasteiger partial charge in [0.2, 0.25) is 15.9 Å². The summed E-state index contributed by atoms with van der Waals surface area (Å²) in [7, 11) is -4.20. The number of ether oxygens (including phenoxy) is 2. The van der Waals surface area contributed by atoms with Crippen molar-refractivity contribution in [3.63, 3.8) is 0 Å². The number of hydrogen-bond acceptors (Lipinski definition) is 8. The Morgan fingerprint density at radius 2 is 1.82 bits per heavy atom. The van der Waals surface area contributed by atoms with E-state index in [2.05, 4.69) is 19.4 Å². The first kappa shape index (κ1) is 27.7. The van der Waals surface area contributed by atoms with Gasteiger partial charge in [-0.3, -0.25) is 0 Å². The van der Waals surface area contributed by atoms with E-state index in [0.29, 0.717) is 33.4 Å². The van der Waals surface area contributed by atoms with Gasteiger partial charge in [-0.1, -0.05) is 0 Å². The number of rotatable bonds is 9. The van der Waals surface area contributed by atoms with E-state index in [1.54, 1.807) is 18.2 Å². The maximum Gasteiger partial charge on any atom is 0.388 e. The van der Waals surface area contributed by atoms with E-state index >= 15 is 0 Å². The van der Waals surface area contributed by atoms with Gasteiger partial charge in [-0.05, 0) is 61.4 Å². The molecule has 5 aromatic rings. The smallest absolute Gasteiger partial charge is 0.388 e. The minimum absolute atomic E-state index is 0.0558. The highest BCUT2D eigenvalue weighted by atomic mass is 32.2. The summed E-state index contributed by atoms with van der Waals surface area (Å²) >= 11 is 1.37. The molecule has 0 amide bonds. The fraction of sp³-hybridized carbons (Fsp3) is 0.192. The molecular formula is C26H20F4N4O4S2. The number of benzene rings is 3. The van der Waals surface area contributed by atoms with Gasteiger partial charge in [-0.25, -0.2) is 36.9 Å². The van der Waals surface area contributed by atoms with Gasteiger partial charge in [-0.2, -0.15) is 8.78 Å².